The van der Waals surface area contributed by atoms with Gasteiger partial charge in [-0.05, 0) is 30.2 Å². The number of benzene rings is 1. The van der Waals surface area contributed by atoms with Gasteiger partial charge in [-0.2, -0.15) is 0 Å². The zero-order chi connectivity index (χ0) is 13.7. The normalized spacial score (nSPS) is 10.3. The van der Waals surface area contributed by atoms with Crippen LogP contribution < -0.4 is 15.2 Å². The van der Waals surface area contributed by atoms with Crippen molar-refractivity contribution in [1.82, 2.24) is 4.98 Å². The van der Waals surface area contributed by atoms with Crippen LogP contribution in [0.4, 0.5) is 0 Å². The second-order valence-corrected chi connectivity index (χ2v) is 4.14. The minimum Gasteiger partial charge on any atom is -0.497 e. The molecule has 0 aliphatic rings. The van der Waals surface area contributed by atoms with Crippen molar-refractivity contribution in [1.29, 1.82) is 0 Å². The SMILES string of the molecule is CCc1cc(CN)cc(Oc2cccc(OC)c2)n1. The molecule has 0 aliphatic heterocycles. The summed E-state index contributed by atoms with van der Waals surface area (Å²) in [6, 6.07) is 11.3. The first kappa shape index (κ1) is 13.4. The molecule has 0 saturated carbocycles. The third-order valence-electron chi connectivity index (χ3n) is 2.78. The van der Waals surface area contributed by atoms with E-state index in [1.807, 2.05) is 36.4 Å². The quantitative estimate of drug-likeness (QED) is 0.895. The maximum Gasteiger partial charge on any atom is 0.219 e. The standard InChI is InChI=1S/C15H18N2O2/c1-3-12-7-11(10-16)8-15(17-12)19-14-6-4-5-13(9-14)18-2/h4-9H,3,10,16H2,1-2H3. The van der Waals surface area contributed by atoms with E-state index in [1.54, 1.807) is 7.11 Å². The summed E-state index contributed by atoms with van der Waals surface area (Å²) < 4.78 is 10.9. The molecule has 0 unspecified atom stereocenters. The molecule has 0 spiro atoms. The van der Waals surface area contributed by atoms with Crippen LogP contribution in [0.2, 0.25) is 0 Å². The highest BCUT2D eigenvalue weighted by molar-refractivity contribution is 5.36. The molecule has 2 N–H and O–H groups in total. The fourth-order valence-electron chi connectivity index (χ4n) is 1.76. The highest BCUT2D eigenvalue weighted by Crippen LogP contribution is 2.24. The van der Waals surface area contributed by atoms with E-state index in [9.17, 15) is 0 Å². The number of ether oxygens (including phenoxy) is 2. The average molecular weight is 258 g/mol. The van der Waals surface area contributed by atoms with Gasteiger partial charge in [-0.15, -0.1) is 0 Å². The highest BCUT2D eigenvalue weighted by atomic mass is 16.5. The maximum atomic E-state index is 5.76. The second-order valence-electron chi connectivity index (χ2n) is 4.14. The second kappa shape index (κ2) is 6.20. The number of hydrogen-bond acceptors (Lipinski definition) is 4. The Morgan fingerprint density at radius 1 is 1.16 bits per heavy atom. The van der Waals surface area contributed by atoms with Crippen LogP contribution in [0.5, 0.6) is 17.4 Å². The highest BCUT2D eigenvalue weighted by Gasteiger charge is 2.04. The molecule has 0 saturated heterocycles. The molecule has 2 aromatic rings. The van der Waals surface area contributed by atoms with Crippen LogP contribution in [-0.4, -0.2) is 12.1 Å². The van der Waals surface area contributed by atoms with Crippen molar-refractivity contribution < 1.29 is 9.47 Å². The Morgan fingerprint density at radius 3 is 2.63 bits per heavy atom. The number of rotatable bonds is 5. The van der Waals surface area contributed by atoms with Crippen molar-refractivity contribution in [3.05, 3.63) is 47.7 Å². The van der Waals surface area contributed by atoms with Crippen LogP contribution in [0.15, 0.2) is 36.4 Å². The molecule has 2 rings (SSSR count). The molecule has 4 heteroatoms. The van der Waals surface area contributed by atoms with Gasteiger partial charge in [0.15, 0.2) is 0 Å². The zero-order valence-corrected chi connectivity index (χ0v) is 11.2. The van der Waals surface area contributed by atoms with Gasteiger partial charge in [-0.25, -0.2) is 4.98 Å². The number of nitrogens with two attached hydrogens (primary N) is 1. The van der Waals surface area contributed by atoms with Gasteiger partial charge in [0.1, 0.15) is 11.5 Å². The molecule has 0 aliphatic carbocycles. The summed E-state index contributed by atoms with van der Waals surface area (Å²) in [6.07, 6.45) is 0.850. The van der Waals surface area contributed by atoms with E-state index in [0.717, 1.165) is 23.4 Å². The molecule has 0 radical (unpaired) electrons. The first-order valence-electron chi connectivity index (χ1n) is 6.27. The summed E-state index contributed by atoms with van der Waals surface area (Å²) in [4.78, 5) is 4.43. The van der Waals surface area contributed by atoms with E-state index in [2.05, 4.69) is 11.9 Å². The first-order valence-corrected chi connectivity index (χ1v) is 6.27. The molecule has 1 aromatic heterocycles. The summed E-state index contributed by atoms with van der Waals surface area (Å²) in [7, 11) is 1.63. The van der Waals surface area contributed by atoms with Gasteiger partial charge < -0.3 is 15.2 Å². The van der Waals surface area contributed by atoms with Crippen LogP contribution >= 0.6 is 0 Å². The minimum absolute atomic E-state index is 0.476. The Kier molecular flexibility index (Phi) is 4.36. The number of pyridine rings is 1. The van der Waals surface area contributed by atoms with E-state index in [4.69, 9.17) is 15.2 Å². The Labute approximate surface area is 113 Å². The maximum absolute atomic E-state index is 5.76. The fraction of sp³-hybridized carbons (Fsp3) is 0.267. The van der Waals surface area contributed by atoms with Crippen molar-refractivity contribution in [2.75, 3.05) is 7.11 Å². The number of aromatic nitrogens is 1. The van der Waals surface area contributed by atoms with Gasteiger partial charge >= 0.3 is 0 Å². The molecule has 0 fully saturated rings. The van der Waals surface area contributed by atoms with E-state index >= 15 is 0 Å². The Morgan fingerprint density at radius 2 is 1.95 bits per heavy atom. The van der Waals surface area contributed by atoms with Gasteiger partial charge in [0, 0.05) is 24.4 Å². The van der Waals surface area contributed by atoms with Gasteiger partial charge in [-0.3, -0.25) is 0 Å². The van der Waals surface area contributed by atoms with Crippen LogP contribution in [-0.2, 0) is 13.0 Å². The Bertz CT molecular complexity index is 533. The largest absolute Gasteiger partial charge is 0.497 e. The number of aryl methyl sites for hydroxylation is 1. The smallest absolute Gasteiger partial charge is 0.219 e. The van der Waals surface area contributed by atoms with Crippen LogP contribution in [0, 0.1) is 0 Å². The monoisotopic (exact) mass is 258 g/mol. The molecule has 0 amide bonds. The molecule has 0 bridgehead atoms. The molecule has 100 valence electrons. The van der Waals surface area contributed by atoms with E-state index in [-0.39, 0.29) is 0 Å². The average Bonchev–Trinajstić information content (AvgIpc) is 2.47. The van der Waals surface area contributed by atoms with Crippen molar-refractivity contribution in [3.63, 3.8) is 0 Å². The van der Waals surface area contributed by atoms with Crippen molar-refractivity contribution in [2.45, 2.75) is 19.9 Å². The topological polar surface area (TPSA) is 57.4 Å². The summed E-state index contributed by atoms with van der Waals surface area (Å²) in [6.45, 7) is 2.53. The van der Waals surface area contributed by atoms with Gasteiger partial charge in [0.2, 0.25) is 5.88 Å². The minimum atomic E-state index is 0.476. The summed E-state index contributed by atoms with van der Waals surface area (Å²) >= 11 is 0. The fourth-order valence-corrected chi connectivity index (χ4v) is 1.76. The zero-order valence-electron chi connectivity index (χ0n) is 11.2. The van der Waals surface area contributed by atoms with Crippen molar-refractivity contribution in [2.24, 2.45) is 5.73 Å². The van der Waals surface area contributed by atoms with E-state index < -0.39 is 0 Å². The predicted octanol–water partition coefficient (Wildman–Crippen LogP) is 2.90. The summed E-state index contributed by atoms with van der Waals surface area (Å²) in [5, 5.41) is 0. The third kappa shape index (κ3) is 3.45. The van der Waals surface area contributed by atoms with Gasteiger partial charge in [-0.1, -0.05) is 13.0 Å². The number of methoxy groups -OCH3 is 1. The summed E-state index contributed by atoms with van der Waals surface area (Å²) in [5.74, 6) is 2.01. The van der Waals surface area contributed by atoms with E-state index in [1.165, 1.54) is 0 Å². The number of nitrogens with zero attached hydrogens (tertiary/aromatic N) is 1. The van der Waals surface area contributed by atoms with Gasteiger partial charge in [0.25, 0.3) is 0 Å². The lowest BCUT2D eigenvalue weighted by Crippen LogP contribution is -2.00. The molecule has 4 nitrogen and oxygen atoms in total. The third-order valence-corrected chi connectivity index (χ3v) is 2.78. The molecular formula is C15H18N2O2. The van der Waals surface area contributed by atoms with Crippen molar-refractivity contribution in [3.8, 4) is 17.4 Å². The molecule has 19 heavy (non-hydrogen) atoms. The molecule has 0 atom stereocenters. The van der Waals surface area contributed by atoms with Crippen LogP contribution in [0.25, 0.3) is 0 Å². The number of hydrogen-bond donors (Lipinski definition) is 1. The molecule has 1 aromatic carbocycles. The molecule has 1 heterocycles. The lowest BCUT2D eigenvalue weighted by Gasteiger charge is -2.09. The predicted molar refractivity (Wildman–Crippen MR) is 74.6 cm³/mol. The lowest BCUT2D eigenvalue weighted by molar-refractivity contribution is 0.407. The Hall–Kier alpha value is -2.07. The summed E-state index contributed by atoms with van der Waals surface area (Å²) in [5.41, 5.74) is 7.67. The Balaban J connectivity index is 2.26. The van der Waals surface area contributed by atoms with E-state index in [0.29, 0.717) is 18.2 Å². The first-order chi connectivity index (χ1) is 9.25. The van der Waals surface area contributed by atoms with Crippen LogP contribution in [0.1, 0.15) is 18.2 Å². The van der Waals surface area contributed by atoms with Crippen LogP contribution in [0.3, 0.4) is 0 Å². The molecular weight excluding hydrogens is 240 g/mol. The van der Waals surface area contributed by atoms with Gasteiger partial charge in [0.05, 0.1) is 7.11 Å². The van der Waals surface area contributed by atoms with Crippen molar-refractivity contribution >= 4 is 0 Å². The lowest BCUT2D eigenvalue weighted by atomic mass is 10.2.